The number of hydrogen-bond acceptors (Lipinski definition) is 2. The predicted molar refractivity (Wildman–Crippen MR) is 49.2 cm³/mol. The molecular formula is C8H5BrOS. The van der Waals surface area contributed by atoms with Crippen LogP contribution in [-0.4, -0.2) is 11.5 Å². The zero-order chi connectivity index (χ0) is 7.84. The summed E-state index contributed by atoms with van der Waals surface area (Å²) < 4.78 is 0.979. The second kappa shape index (κ2) is 2.64. The normalized spacial score (nSPS) is 15.2. The summed E-state index contributed by atoms with van der Waals surface area (Å²) in [5, 5.41) is 0. The van der Waals surface area contributed by atoms with Crippen LogP contribution >= 0.6 is 27.7 Å². The molecule has 56 valence electrons. The van der Waals surface area contributed by atoms with Crippen LogP contribution < -0.4 is 0 Å². The number of Topliss-reactive ketones (excluding diaryl/α,β-unsaturated/α-hetero) is 1. The van der Waals surface area contributed by atoms with E-state index in [-0.39, 0.29) is 5.78 Å². The quantitative estimate of drug-likeness (QED) is 0.680. The fraction of sp³-hybridized carbons (Fsp3) is 0.125. The average molecular weight is 229 g/mol. The number of rotatable bonds is 0. The third kappa shape index (κ3) is 1.23. The van der Waals surface area contributed by atoms with Crippen molar-refractivity contribution < 1.29 is 4.79 Å². The van der Waals surface area contributed by atoms with Gasteiger partial charge in [0.05, 0.1) is 5.75 Å². The second-order valence-corrected chi connectivity index (χ2v) is 4.29. The molecule has 1 aliphatic heterocycles. The minimum Gasteiger partial charge on any atom is -0.293 e. The molecule has 1 nitrogen and oxygen atoms in total. The van der Waals surface area contributed by atoms with Crippen LogP contribution in [0, 0.1) is 0 Å². The number of carbonyl (C=O) groups is 1. The van der Waals surface area contributed by atoms with E-state index in [1.807, 2.05) is 18.2 Å². The molecule has 1 aromatic carbocycles. The highest BCUT2D eigenvalue weighted by Gasteiger charge is 2.19. The first-order valence-corrected chi connectivity index (χ1v) is 5.01. The maximum Gasteiger partial charge on any atom is 0.174 e. The van der Waals surface area contributed by atoms with Gasteiger partial charge in [0.25, 0.3) is 0 Å². The number of hydrogen-bond donors (Lipinski definition) is 0. The molecule has 0 atom stereocenters. The van der Waals surface area contributed by atoms with E-state index in [0.717, 1.165) is 14.9 Å². The zero-order valence-electron chi connectivity index (χ0n) is 5.63. The van der Waals surface area contributed by atoms with E-state index in [9.17, 15) is 4.79 Å². The lowest BCUT2D eigenvalue weighted by Gasteiger charge is -1.94. The third-order valence-corrected chi connectivity index (χ3v) is 3.17. The molecule has 0 fully saturated rings. The van der Waals surface area contributed by atoms with Gasteiger partial charge in [-0.1, -0.05) is 15.9 Å². The molecule has 0 bridgehead atoms. The molecule has 0 unspecified atom stereocenters. The summed E-state index contributed by atoms with van der Waals surface area (Å²) in [4.78, 5) is 12.3. The topological polar surface area (TPSA) is 17.1 Å². The molecule has 0 N–H and O–H groups in total. The maximum atomic E-state index is 11.2. The molecule has 0 aliphatic carbocycles. The molecule has 1 aromatic rings. The maximum absolute atomic E-state index is 11.2. The summed E-state index contributed by atoms with van der Waals surface area (Å²) in [6.45, 7) is 0. The minimum absolute atomic E-state index is 0.242. The van der Waals surface area contributed by atoms with Gasteiger partial charge in [0.2, 0.25) is 0 Å². The van der Waals surface area contributed by atoms with Crippen molar-refractivity contribution in [3.05, 3.63) is 28.2 Å². The van der Waals surface area contributed by atoms with E-state index in [1.54, 1.807) is 11.8 Å². The monoisotopic (exact) mass is 228 g/mol. The van der Waals surface area contributed by atoms with Crippen molar-refractivity contribution in [2.24, 2.45) is 0 Å². The number of thioether (sulfide) groups is 1. The molecule has 2 rings (SSSR count). The van der Waals surface area contributed by atoms with Gasteiger partial charge in [0, 0.05) is 14.9 Å². The molecule has 0 saturated carbocycles. The van der Waals surface area contributed by atoms with Crippen molar-refractivity contribution in [2.75, 3.05) is 5.75 Å². The Labute approximate surface area is 77.3 Å². The number of fused-ring (bicyclic) bond motifs is 1. The van der Waals surface area contributed by atoms with Crippen LogP contribution in [0.15, 0.2) is 27.6 Å². The summed E-state index contributed by atoms with van der Waals surface area (Å²) in [6.07, 6.45) is 0. The first kappa shape index (κ1) is 7.37. The van der Waals surface area contributed by atoms with E-state index in [0.29, 0.717) is 5.75 Å². The Morgan fingerprint density at radius 3 is 3.09 bits per heavy atom. The standard InChI is InChI=1S/C8H5BrOS/c9-5-1-2-8-6(3-5)7(10)4-11-8/h1-3H,4H2. The molecule has 11 heavy (non-hydrogen) atoms. The summed E-state index contributed by atoms with van der Waals surface area (Å²) in [6, 6.07) is 5.83. The van der Waals surface area contributed by atoms with Gasteiger partial charge in [-0.3, -0.25) is 4.79 Å². The second-order valence-electron chi connectivity index (χ2n) is 2.35. The molecule has 0 aromatic heterocycles. The zero-order valence-corrected chi connectivity index (χ0v) is 8.04. The van der Waals surface area contributed by atoms with E-state index in [1.165, 1.54) is 0 Å². The fourth-order valence-corrected chi connectivity index (χ4v) is 2.36. The van der Waals surface area contributed by atoms with E-state index in [4.69, 9.17) is 0 Å². The van der Waals surface area contributed by atoms with Crippen LogP contribution in [0.3, 0.4) is 0 Å². The lowest BCUT2D eigenvalue weighted by molar-refractivity contribution is 0.102. The Kier molecular flexibility index (Phi) is 1.77. The Bertz CT molecular complexity index is 322. The Morgan fingerprint density at radius 2 is 2.27 bits per heavy atom. The summed E-state index contributed by atoms with van der Waals surface area (Å²) in [5.41, 5.74) is 0.865. The van der Waals surface area contributed by atoms with Crippen LogP contribution in [0.2, 0.25) is 0 Å². The van der Waals surface area contributed by atoms with Crippen LogP contribution in [0.5, 0.6) is 0 Å². The van der Waals surface area contributed by atoms with Crippen molar-refractivity contribution in [1.82, 2.24) is 0 Å². The molecule has 1 heterocycles. The van der Waals surface area contributed by atoms with Crippen molar-refractivity contribution in [3.63, 3.8) is 0 Å². The van der Waals surface area contributed by atoms with E-state index in [2.05, 4.69) is 15.9 Å². The van der Waals surface area contributed by atoms with Crippen LogP contribution in [-0.2, 0) is 0 Å². The number of ketones is 1. The SMILES string of the molecule is O=C1CSc2ccc(Br)cc21. The molecule has 0 saturated heterocycles. The smallest absolute Gasteiger partial charge is 0.174 e. The van der Waals surface area contributed by atoms with Gasteiger partial charge in [-0.15, -0.1) is 11.8 Å². The van der Waals surface area contributed by atoms with Gasteiger partial charge in [0.1, 0.15) is 0 Å². The van der Waals surface area contributed by atoms with Gasteiger partial charge < -0.3 is 0 Å². The van der Waals surface area contributed by atoms with E-state index < -0.39 is 0 Å². The molecular weight excluding hydrogens is 224 g/mol. The summed E-state index contributed by atoms with van der Waals surface area (Å²) in [5.74, 6) is 0.845. The highest BCUT2D eigenvalue weighted by atomic mass is 79.9. The highest BCUT2D eigenvalue weighted by Crippen LogP contribution is 2.32. The number of carbonyl (C=O) groups excluding carboxylic acids is 1. The van der Waals surface area contributed by atoms with Gasteiger partial charge in [-0.2, -0.15) is 0 Å². The largest absolute Gasteiger partial charge is 0.293 e. The first-order chi connectivity index (χ1) is 5.27. The number of halogens is 1. The third-order valence-electron chi connectivity index (χ3n) is 1.60. The predicted octanol–water partition coefficient (Wildman–Crippen LogP) is 2.74. The fourth-order valence-electron chi connectivity index (χ4n) is 1.07. The van der Waals surface area contributed by atoms with Crippen molar-refractivity contribution in [2.45, 2.75) is 4.90 Å². The Morgan fingerprint density at radius 1 is 1.45 bits per heavy atom. The lowest BCUT2D eigenvalue weighted by atomic mass is 10.2. The van der Waals surface area contributed by atoms with Gasteiger partial charge in [0.15, 0.2) is 5.78 Å². The summed E-state index contributed by atoms with van der Waals surface area (Å²) >= 11 is 4.95. The van der Waals surface area contributed by atoms with Gasteiger partial charge in [-0.05, 0) is 18.2 Å². The van der Waals surface area contributed by atoms with Gasteiger partial charge >= 0.3 is 0 Å². The van der Waals surface area contributed by atoms with Gasteiger partial charge in [-0.25, -0.2) is 0 Å². The van der Waals surface area contributed by atoms with Crippen LogP contribution in [0.25, 0.3) is 0 Å². The Hall–Kier alpha value is -0.280. The molecule has 3 heteroatoms. The number of benzene rings is 1. The average Bonchev–Trinajstić information content (AvgIpc) is 2.33. The van der Waals surface area contributed by atoms with Crippen molar-refractivity contribution in [3.8, 4) is 0 Å². The molecule has 1 aliphatic rings. The van der Waals surface area contributed by atoms with Crippen LogP contribution in [0.1, 0.15) is 10.4 Å². The Balaban J connectivity index is 2.60. The first-order valence-electron chi connectivity index (χ1n) is 3.23. The van der Waals surface area contributed by atoms with Crippen molar-refractivity contribution in [1.29, 1.82) is 0 Å². The lowest BCUT2D eigenvalue weighted by Crippen LogP contribution is -1.93. The summed E-state index contributed by atoms with van der Waals surface area (Å²) in [7, 11) is 0. The molecule has 0 spiro atoms. The molecule has 0 amide bonds. The van der Waals surface area contributed by atoms with Crippen molar-refractivity contribution >= 4 is 33.5 Å². The minimum atomic E-state index is 0.242. The highest BCUT2D eigenvalue weighted by molar-refractivity contribution is 9.10. The van der Waals surface area contributed by atoms with Crippen LogP contribution in [0.4, 0.5) is 0 Å². The molecule has 0 radical (unpaired) electrons. The van der Waals surface area contributed by atoms with E-state index >= 15 is 0 Å².